The Bertz CT molecular complexity index is 130. The van der Waals surface area contributed by atoms with Crippen molar-refractivity contribution in [2.75, 3.05) is 26.8 Å². The molecule has 1 heterocycles. The summed E-state index contributed by atoms with van der Waals surface area (Å²) in [6, 6.07) is 0.362. The van der Waals surface area contributed by atoms with E-state index in [0.717, 1.165) is 25.9 Å². The smallest absolute Gasteiger partial charge is 0.0698 e. The Labute approximate surface area is 74.3 Å². The average Bonchev–Trinajstić information content (AvgIpc) is 2.16. The highest BCUT2D eigenvalue weighted by Gasteiger charge is 2.26. The number of nitrogens with zero attached hydrogens (tertiary/aromatic N) is 1. The van der Waals surface area contributed by atoms with Crippen molar-refractivity contribution in [3.05, 3.63) is 0 Å². The topological polar surface area (TPSA) is 32.7 Å². The third kappa shape index (κ3) is 2.19. The Kier molecular flexibility index (Phi) is 3.98. The molecule has 0 aromatic carbocycles. The normalized spacial score (nSPS) is 32.2. The van der Waals surface area contributed by atoms with E-state index in [1.807, 2.05) is 0 Å². The molecule has 0 aromatic rings. The molecule has 0 saturated carbocycles. The number of rotatable bonds is 3. The van der Waals surface area contributed by atoms with Gasteiger partial charge >= 0.3 is 0 Å². The van der Waals surface area contributed by atoms with Crippen molar-refractivity contribution >= 4 is 0 Å². The van der Waals surface area contributed by atoms with Gasteiger partial charge < -0.3 is 9.84 Å². The first-order chi connectivity index (χ1) is 5.81. The lowest BCUT2D eigenvalue weighted by Crippen LogP contribution is -2.47. The average molecular weight is 173 g/mol. The lowest BCUT2D eigenvalue weighted by molar-refractivity contribution is -0.00684. The number of likely N-dealkylation sites (N-methyl/N-ethyl adjacent to an activating group) is 1. The Hall–Kier alpha value is -0.120. The molecule has 1 N–H and O–H groups in total. The summed E-state index contributed by atoms with van der Waals surface area (Å²) in [5.74, 6) is 0. The molecule has 1 aliphatic heterocycles. The lowest BCUT2D eigenvalue weighted by atomic mass is 10.0. The fourth-order valence-corrected chi connectivity index (χ4v) is 1.85. The molecule has 0 aliphatic carbocycles. The second-order valence-corrected chi connectivity index (χ2v) is 3.36. The number of aliphatic hydroxyl groups excluding tert-OH is 1. The molecule has 0 amide bonds. The maximum Gasteiger partial charge on any atom is 0.0698 e. The summed E-state index contributed by atoms with van der Waals surface area (Å²) in [6.45, 7) is 4.38. The highest BCUT2D eigenvalue weighted by atomic mass is 16.5. The van der Waals surface area contributed by atoms with Gasteiger partial charge in [-0.25, -0.2) is 0 Å². The molecule has 3 heteroatoms. The molecule has 1 fully saturated rings. The third-order valence-electron chi connectivity index (χ3n) is 2.73. The SMILES string of the molecule is CCN1C[C@H](OC)CC[C@@H]1CO. The van der Waals surface area contributed by atoms with Crippen molar-refractivity contribution in [1.82, 2.24) is 4.90 Å². The molecule has 1 rings (SSSR count). The summed E-state index contributed by atoms with van der Waals surface area (Å²) < 4.78 is 5.29. The molecule has 1 aliphatic rings. The molecule has 0 bridgehead atoms. The van der Waals surface area contributed by atoms with Crippen LogP contribution in [0.4, 0.5) is 0 Å². The molecular weight excluding hydrogens is 154 g/mol. The zero-order valence-electron chi connectivity index (χ0n) is 7.99. The van der Waals surface area contributed by atoms with Crippen molar-refractivity contribution in [2.24, 2.45) is 0 Å². The Morgan fingerprint density at radius 2 is 2.25 bits per heavy atom. The fraction of sp³-hybridized carbons (Fsp3) is 1.00. The van der Waals surface area contributed by atoms with E-state index in [0.29, 0.717) is 12.1 Å². The van der Waals surface area contributed by atoms with Gasteiger partial charge in [-0.05, 0) is 19.4 Å². The van der Waals surface area contributed by atoms with Gasteiger partial charge in [0.2, 0.25) is 0 Å². The minimum atomic E-state index is 0.282. The zero-order valence-corrected chi connectivity index (χ0v) is 7.99. The van der Waals surface area contributed by atoms with Gasteiger partial charge in [-0.15, -0.1) is 0 Å². The molecule has 0 unspecified atom stereocenters. The fourth-order valence-electron chi connectivity index (χ4n) is 1.85. The number of hydrogen-bond donors (Lipinski definition) is 1. The molecule has 3 nitrogen and oxygen atoms in total. The molecule has 72 valence electrons. The van der Waals surface area contributed by atoms with Crippen LogP contribution in [0.25, 0.3) is 0 Å². The number of aliphatic hydroxyl groups is 1. The van der Waals surface area contributed by atoms with Crippen molar-refractivity contribution < 1.29 is 9.84 Å². The van der Waals surface area contributed by atoms with Crippen molar-refractivity contribution in [3.63, 3.8) is 0 Å². The van der Waals surface area contributed by atoms with Crippen LogP contribution in [0, 0.1) is 0 Å². The first-order valence-electron chi connectivity index (χ1n) is 4.69. The number of ether oxygens (including phenoxy) is 1. The number of hydrogen-bond acceptors (Lipinski definition) is 3. The van der Waals surface area contributed by atoms with Crippen LogP contribution in [-0.2, 0) is 4.74 Å². The standard InChI is InChI=1S/C9H19NO2/c1-3-10-6-9(12-2)5-4-8(10)7-11/h8-9,11H,3-7H2,1-2H3/t8-,9-/m1/s1. The third-order valence-corrected chi connectivity index (χ3v) is 2.73. The van der Waals surface area contributed by atoms with Gasteiger partial charge in [0.25, 0.3) is 0 Å². The monoisotopic (exact) mass is 173 g/mol. The quantitative estimate of drug-likeness (QED) is 0.673. The Morgan fingerprint density at radius 3 is 2.75 bits per heavy atom. The highest BCUT2D eigenvalue weighted by molar-refractivity contribution is 4.80. The van der Waals surface area contributed by atoms with Crippen molar-refractivity contribution in [3.8, 4) is 0 Å². The number of methoxy groups -OCH3 is 1. The Morgan fingerprint density at radius 1 is 1.50 bits per heavy atom. The summed E-state index contributed by atoms with van der Waals surface area (Å²) >= 11 is 0. The van der Waals surface area contributed by atoms with Gasteiger partial charge in [0, 0.05) is 19.7 Å². The van der Waals surface area contributed by atoms with Crippen LogP contribution in [0.1, 0.15) is 19.8 Å². The molecule has 0 radical (unpaired) electrons. The van der Waals surface area contributed by atoms with Gasteiger partial charge in [-0.2, -0.15) is 0 Å². The zero-order chi connectivity index (χ0) is 8.97. The van der Waals surface area contributed by atoms with Gasteiger partial charge in [0.15, 0.2) is 0 Å². The van der Waals surface area contributed by atoms with Gasteiger partial charge in [-0.3, -0.25) is 4.90 Å². The maximum atomic E-state index is 9.07. The second-order valence-electron chi connectivity index (χ2n) is 3.36. The van der Waals surface area contributed by atoms with E-state index >= 15 is 0 Å². The summed E-state index contributed by atoms with van der Waals surface area (Å²) in [5.41, 5.74) is 0. The van der Waals surface area contributed by atoms with Gasteiger partial charge in [0.05, 0.1) is 12.7 Å². The first kappa shape index (κ1) is 9.96. The van der Waals surface area contributed by atoms with Crippen LogP contribution in [0.3, 0.4) is 0 Å². The first-order valence-corrected chi connectivity index (χ1v) is 4.69. The van der Waals surface area contributed by atoms with Gasteiger partial charge in [0.1, 0.15) is 0 Å². The molecule has 1 saturated heterocycles. The summed E-state index contributed by atoms with van der Waals surface area (Å²) in [7, 11) is 1.76. The van der Waals surface area contributed by atoms with Crippen LogP contribution >= 0.6 is 0 Å². The molecular formula is C9H19NO2. The van der Waals surface area contributed by atoms with E-state index in [4.69, 9.17) is 9.84 Å². The Balaban J connectivity index is 2.41. The second kappa shape index (κ2) is 4.80. The summed E-state index contributed by atoms with van der Waals surface area (Å²) in [6.07, 6.45) is 2.51. The maximum absolute atomic E-state index is 9.07. The van der Waals surface area contributed by atoms with Gasteiger partial charge in [-0.1, -0.05) is 6.92 Å². The van der Waals surface area contributed by atoms with E-state index < -0.39 is 0 Å². The summed E-state index contributed by atoms with van der Waals surface area (Å²) in [5, 5.41) is 9.07. The number of piperidine rings is 1. The van der Waals surface area contributed by atoms with E-state index in [-0.39, 0.29) is 6.61 Å². The van der Waals surface area contributed by atoms with Crippen molar-refractivity contribution in [2.45, 2.75) is 31.9 Å². The van der Waals surface area contributed by atoms with E-state index in [1.54, 1.807) is 7.11 Å². The molecule has 2 atom stereocenters. The lowest BCUT2D eigenvalue weighted by Gasteiger charge is -2.37. The van der Waals surface area contributed by atoms with Crippen molar-refractivity contribution in [1.29, 1.82) is 0 Å². The molecule has 0 aromatic heterocycles. The predicted molar refractivity (Wildman–Crippen MR) is 48.2 cm³/mol. The minimum absolute atomic E-state index is 0.282. The molecule has 12 heavy (non-hydrogen) atoms. The number of likely N-dealkylation sites (tertiary alicyclic amines) is 1. The minimum Gasteiger partial charge on any atom is -0.395 e. The summed E-state index contributed by atoms with van der Waals surface area (Å²) in [4.78, 5) is 2.29. The van der Waals surface area contributed by atoms with Crippen LogP contribution in [0.2, 0.25) is 0 Å². The highest BCUT2D eigenvalue weighted by Crippen LogP contribution is 2.18. The predicted octanol–water partition coefficient (Wildman–Crippen LogP) is 0.478. The van der Waals surface area contributed by atoms with Crippen LogP contribution in [-0.4, -0.2) is 49.0 Å². The van der Waals surface area contributed by atoms with E-state index in [9.17, 15) is 0 Å². The van der Waals surface area contributed by atoms with Crippen LogP contribution in [0.15, 0.2) is 0 Å². The molecule has 0 spiro atoms. The largest absolute Gasteiger partial charge is 0.395 e. The van der Waals surface area contributed by atoms with E-state index in [1.165, 1.54) is 0 Å². The van der Waals surface area contributed by atoms with E-state index in [2.05, 4.69) is 11.8 Å². The van der Waals surface area contributed by atoms with Crippen LogP contribution in [0.5, 0.6) is 0 Å². The van der Waals surface area contributed by atoms with Crippen LogP contribution < -0.4 is 0 Å².